The van der Waals surface area contributed by atoms with Crippen LogP contribution < -0.4 is 11.3 Å². The van der Waals surface area contributed by atoms with Crippen molar-refractivity contribution in [2.45, 2.75) is 32.7 Å². The van der Waals surface area contributed by atoms with Crippen molar-refractivity contribution in [1.82, 2.24) is 10.4 Å². The molecule has 3 N–H and O–H groups in total. The maximum atomic E-state index is 5.78. The van der Waals surface area contributed by atoms with Gasteiger partial charge >= 0.3 is 0 Å². The summed E-state index contributed by atoms with van der Waals surface area (Å²) in [7, 11) is 0. The highest BCUT2D eigenvalue weighted by Crippen LogP contribution is 2.31. The van der Waals surface area contributed by atoms with E-state index >= 15 is 0 Å². The van der Waals surface area contributed by atoms with Crippen molar-refractivity contribution in [3.63, 3.8) is 0 Å². The summed E-state index contributed by atoms with van der Waals surface area (Å²) in [5, 5.41) is 2.41. The van der Waals surface area contributed by atoms with E-state index in [2.05, 4.69) is 48.5 Å². The predicted molar refractivity (Wildman–Crippen MR) is 75.9 cm³/mol. The van der Waals surface area contributed by atoms with Gasteiger partial charge in [0.2, 0.25) is 0 Å². The number of aromatic nitrogens is 1. The molecule has 0 spiro atoms. The third-order valence-corrected chi connectivity index (χ3v) is 3.75. The van der Waals surface area contributed by atoms with Gasteiger partial charge in [-0.3, -0.25) is 16.3 Å². The molecule has 2 rings (SSSR count). The number of benzene rings is 1. The smallest absolute Gasteiger partial charge is 0.0494 e. The summed E-state index contributed by atoms with van der Waals surface area (Å²) in [5.41, 5.74) is 4.26. The second-order valence-corrected chi connectivity index (χ2v) is 4.66. The van der Waals surface area contributed by atoms with Gasteiger partial charge in [0.1, 0.15) is 0 Å². The number of fused-ring (bicyclic) bond motifs is 1. The molecule has 3 heteroatoms. The largest absolute Gasteiger partial charge is 0.271 e. The summed E-state index contributed by atoms with van der Waals surface area (Å²) in [6.07, 6.45) is 5.98. The Hall–Kier alpha value is -1.45. The highest BCUT2D eigenvalue weighted by molar-refractivity contribution is 5.85. The predicted octanol–water partition coefficient (Wildman–Crippen LogP) is 3.18. The van der Waals surface area contributed by atoms with E-state index in [0.29, 0.717) is 5.92 Å². The summed E-state index contributed by atoms with van der Waals surface area (Å²) < 4.78 is 0. The van der Waals surface area contributed by atoms with Crippen LogP contribution in [0, 0.1) is 5.92 Å². The van der Waals surface area contributed by atoms with E-state index in [0.717, 1.165) is 12.8 Å². The van der Waals surface area contributed by atoms with Crippen molar-refractivity contribution in [2.24, 2.45) is 11.8 Å². The molecular formula is C15H21N3. The molecule has 1 aromatic carbocycles. The van der Waals surface area contributed by atoms with Gasteiger partial charge in [0.15, 0.2) is 0 Å². The maximum Gasteiger partial charge on any atom is 0.0494 e. The third-order valence-electron chi connectivity index (χ3n) is 3.75. The Kier molecular flexibility index (Phi) is 4.28. The average molecular weight is 243 g/mol. The van der Waals surface area contributed by atoms with Gasteiger partial charge in [-0.15, -0.1) is 0 Å². The number of nitrogens with zero attached hydrogens (tertiary/aromatic N) is 1. The minimum atomic E-state index is 0.200. The molecule has 1 heterocycles. The van der Waals surface area contributed by atoms with Gasteiger partial charge in [-0.2, -0.15) is 0 Å². The van der Waals surface area contributed by atoms with Crippen molar-refractivity contribution in [1.29, 1.82) is 0 Å². The van der Waals surface area contributed by atoms with E-state index in [1.54, 1.807) is 0 Å². The summed E-state index contributed by atoms with van der Waals surface area (Å²) in [4.78, 5) is 4.17. The van der Waals surface area contributed by atoms with Crippen LogP contribution in [-0.4, -0.2) is 4.98 Å². The van der Waals surface area contributed by atoms with Gasteiger partial charge in [-0.05, 0) is 22.9 Å². The second-order valence-electron chi connectivity index (χ2n) is 4.66. The molecule has 3 nitrogen and oxygen atoms in total. The summed E-state index contributed by atoms with van der Waals surface area (Å²) in [5.74, 6) is 6.33. The first-order valence-corrected chi connectivity index (χ1v) is 6.60. The Morgan fingerprint density at radius 2 is 2.00 bits per heavy atom. The lowest BCUT2D eigenvalue weighted by atomic mass is 9.87. The third kappa shape index (κ3) is 2.37. The van der Waals surface area contributed by atoms with Crippen LogP contribution in [0.1, 0.15) is 38.3 Å². The number of pyridine rings is 1. The Balaban J connectivity index is 2.51. The fourth-order valence-electron chi connectivity index (χ4n) is 2.66. The number of nitrogens with one attached hydrogen (secondary N) is 1. The molecule has 18 heavy (non-hydrogen) atoms. The lowest BCUT2D eigenvalue weighted by Gasteiger charge is -2.26. The number of rotatable bonds is 5. The molecule has 1 atom stereocenters. The monoisotopic (exact) mass is 243 g/mol. The Morgan fingerprint density at radius 3 is 2.67 bits per heavy atom. The highest BCUT2D eigenvalue weighted by atomic mass is 15.2. The zero-order valence-corrected chi connectivity index (χ0v) is 11.1. The minimum Gasteiger partial charge on any atom is -0.271 e. The SMILES string of the molecule is CCC(CC)C(NN)c1cccc2cnccc12. The standard InChI is InChI=1S/C15H21N3/c1-3-11(4-2)15(18-16)14-7-5-6-12-10-17-9-8-13(12)14/h5-11,15,18H,3-4,16H2,1-2H3. The van der Waals surface area contributed by atoms with Crippen LogP contribution in [0.3, 0.4) is 0 Å². The van der Waals surface area contributed by atoms with Crippen LogP contribution in [0.5, 0.6) is 0 Å². The number of hydrazine groups is 1. The van der Waals surface area contributed by atoms with Crippen molar-refractivity contribution in [3.05, 3.63) is 42.2 Å². The molecule has 0 aliphatic carbocycles. The van der Waals surface area contributed by atoms with Crippen molar-refractivity contribution in [2.75, 3.05) is 0 Å². The molecule has 0 aliphatic heterocycles. The molecule has 96 valence electrons. The topological polar surface area (TPSA) is 50.9 Å². The second kappa shape index (κ2) is 5.94. The first-order chi connectivity index (χ1) is 8.81. The summed E-state index contributed by atoms with van der Waals surface area (Å²) in [6.45, 7) is 4.43. The van der Waals surface area contributed by atoms with Crippen LogP contribution in [-0.2, 0) is 0 Å². The fraction of sp³-hybridized carbons (Fsp3) is 0.400. The van der Waals surface area contributed by atoms with Gasteiger partial charge in [0, 0.05) is 23.8 Å². The molecule has 0 aliphatic rings. The van der Waals surface area contributed by atoms with E-state index in [9.17, 15) is 0 Å². The first kappa shape index (κ1) is 13.0. The van der Waals surface area contributed by atoms with Crippen molar-refractivity contribution < 1.29 is 0 Å². The lowest BCUT2D eigenvalue weighted by molar-refractivity contribution is 0.347. The Labute approximate surface area is 108 Å². The van der Waals surface area contributed by atoms with E-state index < -0.39 is 0 Å². The van der Waals surface area contributed by atoms with Gasteiger partial charge in [0.05, 0.1) is 0 Å². The molecule has 0 fully saturated rings. The summed E-state index contributed by atoms with van der Waals surface area (Å²) >= 11 is 0. The molecule has 0 bridgehead atoms. The number of hydrogen-bond donors (Lipinski definition) is 2. The van der Waals surface area contributed by atoms with Crippen LogP contribution in [0.15, 0.2) is 36.7 Å². The molecule has 1 aromatic heterocycles. The molecule has 2 aromatic rings. The van der Waals surface area contributed by atoms with Gasteiger partial charge in [0.25, 0.3) is 0 Å². The Bertz CT molecular complexity index is 501. The number of nitrogens with two attached hydrogens (primary N) is 1. The number of hydrogen-bond acceptors (Lipinski definition) is 3. The first-order valence-electron chi connectivity index (χ1n) is 6.60. The van der Waals surface area contributed by atoms with E-state index in [1.807, 2.05) is 12.4 Å². The van der Waals surface area contributed by atoms with Gasteiger partial charge in [-0.1, -0.05) is 44.9 Å². The van der Waals surface area contributed by atoms with Crippen molar-refractivity contribution in [3.8, 4) is 0 Å². The quantitative estimate of drug-likeness (QED) is 0.626. The Morgan fingerprint density at radius 1 is 1.22 bits per heavy atom. The molecule has 1 unspecified atom stereocenters. The molecule has 0 saturated carbocycles. The van der Waals surface area contributed by atoms with Crippen LogP contribution >= 0.6 is 0 Å². The van der Waals surface area contributed by atoms with E-state index in [4.69, 9.17) is 5.84 Å². The van der Waals surface area contributed by atoms with E-state index in [-0.39, 0.29) is 6.04 Å². The summed E-state index contributed by atoms with van der Waals surface area (Å²) in [6, 6.07) is 8.59. The van der Waals surface area contributed by atoms with Crippen LogP contribution in [0.4, 0.5) is 0 Å². The fourth-order valence-corrected chi connectivity index (χ4v) is 2.66. The molecular weight excluding hydrogens is 222 g/mol. The average Bonchev–Trinajstić information content (AvgIpc) is 2.44. The van der Waals surface area contributed by atoms with Crippen molar-refractivity contribution >= 4 is 10.8 Å². The molecule has 0 radical (unpaired) electrons. The zero-order valence-electron chi connectivity index (χ0n) is 11.1. The molecule has 0 amide bonds. The normalized spacial score (nSPS) is 13.1. The van der Waals surface area contributed by atoms with Crippen LogP contribution in [0.2, 0.25) is 0 Å². The minimum absolute atomic E-state index is 0.200. The maximum absolute atomic E-state index is 5.78. The zero-order chi connectivity index (χ0) is 13.0. The lowest BCUT2D eigenvalue weighted by Crippen LogP contribution is -2.33. The van der Waals surface area contributed by atoms with Gasteiger partial charge < -0.3 is 0 Å². The van der Waals surface area contributed by atoms with Gasteiger partial charge in [-0.25, -0.2) is 0 Å². The van der Waals surface area contributed by atoms with E-state index in [1.165, 1.54) is 16.3 Å². The van der Waals surface area contributed by atoms with Crippen LogP contribution in [0.25, 0.3) is 10.8 Å². The molecule has 0 saturated heterocycles. The highest BCUT2D eigenvalue weighted by Gasteiger charge is 2.20.